The van der Waals surface area contributed by atoms with Crippen molar-refractivity contribution in [3.8, 4) is 0 Å². The molecule has 3 unspecified atom stereocenters. The molecule has 0 bridgehead atoms. The van der Waals surface area contributed by atoms with Crippen LogP contribution < -0.4 is 0 Å². The van der Waals surface area contributed by atoms with Gasteiger partial charge in [-0.1, -0.05) is 0 Å². The molecule has 1 aromatic heterocycles. The normalized spacial score (nSPS) is 28.2. The molecular formula is C15H24N4O2. The molecule has 2 saturated heterocycles. The smallest absolute Gasteiger partial charge is 0.233 e. The van der Waals surface area contributed by atoms with Crippen molar-refractivity contribution in [2.24, 2.45) is 0 Å². The van der Waals surface area contributed by atoms with E-state index in [1.54, 1.807) is 6.92 Å². The summed E-state index contributed by atoms with van der Waals surface area (Å²) in [6.07, 6.45) is 4.54. The summed E-state index contributed by atoms with van der Waals surface area (Å²) >= 11 is 0. The van der Waals surface area contributed by atoms with Crippen LogP contribution in [-0.2, 0) is 4.79 Å². The third kappa shape index (κ3) is 2.69. The Bertz CT molecular complexity index is 516. The maximum Gasteiger partial charge on any atom is 0.233 e. The van der Waals surface area contributed by atoms with Crippen molar-refractivity contribution >= 4 is 5.91 Å². The fourth-order valence-corrected chi connectivity index (χ4v) is 3.91. The number of likely N-dealkylation sites (tertiary alicyclic amines) is 2. The van der Waals surface area contributed by atoms with Gasteiger partial charge in [-0.15, -0.1) is 10.2 Å². The molecule has 1 aromatic rings. The molecular weight excluding hydrogens is 268 g/mol. The standard InChI is InChI=1S/C15H24N4O2/c1-10(15-17-16-11(2)21-15)18-8-4-6-13(18)14-7-5-9-19(14)12(3)20/h10,13-14H,4-9H2,1-3H3. The molecule has 0 N–H and O–H groups in total. The van der Waals surface area contributed by atoms with E-state index in [1.165, 1.54) is 6.42 Å². The Morgan fingerprint density at radius 1 is 1.24 bits per heavy atom. The van der Waals surface area contributed by atoms with Gasteiger partial charge in [-0.25, -0.2) is 0 Å². The summed E-state index contributed by atoms with van der Waals surface area (Å²) in [7, 11) is 0. The van der Waals surface area contributed by atoms with Crippen molar-refractivity contribution in [3.63, 3.8) is 0 Å². The van der Waals surface area contributed by atoms with E-state index < -0.39 is 0 Å². The van der Waals surface area contributed by atoms with Gasteiger partial charge in [0.05, 0.1) is 6.04 Å². The van der Waals surface area contributed by atoms with Gasteiger partial charge in [0.25, 0.3) is 0 Å². The number of hydrogen-bond acceptors (Lipinski definition) is 5. The molecule has 0 spiro atoms. The van der Waals surface area contributed by atoms with Crippen molar-refractivity contribution in [2.45, 2.75) is 64.6 Å². The maximum atomic E-state index is 11.8. The quantitative estimate of drug-likeness (QED) is 0.851. The number of amides is 1. The Labute approximate surface area is 125 Å². The molecule has 0 radical (unpaired) electrons. The van der Waals surface area contributed by atoms with E-state index in [0.29, 0.717) is 23.9 Å². The molecule has 3 rings (SSSR count). The van der Waals surface area contributed by atoms with Crippen LogP contribution in [0.15, 0.2) is 4.42 Å². The summed E-state index contributed by atoms with van der Waals surface area (Å²) in [5, 5.41) is 8.10. The minimum Gasteiger partial charge on any atom is -0.424 e. The third-order valence-electron chi connectivity index (χ3n) is 4.89. The van der Waals surface area contributed by atoms with Crippen LogP contribution in [0.5, 0.6) is 0 Å². The molecule has 1 amide bonds. The van der Waals surface area contributed by atoms with Gasteiger partial charge in [-0.05, 0) is 39.2 Å². The number of aryl methyl sites for hydroxylation is 1. The summed E-state index contributed by atoms with van der Waals surface area (Å²) < 4.78 is 5.60. The zero-order valence-electron chi connectivity index (χ0n) is 13.1. The van der Waals surface area contributed by atoms with Gasteiger partial charge in [-0.2, -0.15) is 0 Å². The molecule has 6 nitrogen and oxygen atoms in total. The molecule has 0 aliphatic carbocycles. The number of hydrogen-bond donors (Lipinski definition) is 0. The molecule has 3 heterocycles. The lowest BCUT2D eigenvalue weighted by atomic mass is 10.0. The first-order chi connectivity index (χ1) is 10.1. The van der Waals surface area contributed by atoms with Crippen molar-refractivity contribution in [2.75, 3.05) is 13.1 Å². The lowest BCUT2D eigenvalue weighted by molar-refractivity contribution is -0.130. The topological polar surface area (TPSA) is 62.5 Å². The Balaban J connectivity index is 1.77. The minimum absolute atomic E-state index is 0.119. The Hall–Kier alpha value is -1.43. The highest BCUT2D eigenvalue weighted by Gasteiger charge is 2.41. The Morgan fingerprint density at radius 2 is 1.95 bits per heavy atom. The summed E-state index contributed by atoms with van der Waals surface area (Å²) in [5.41, 5.74) is 0. The Morgan fingerprint density at radius 3 is 2.62 bits per heavy atom. The molecule has 2 aliphatic heterocycles. The predicted molar refractivity (Wildman–Crippen MR) is 77.6 cm³/mol. The van der Waals surface area contributed by atoms with Crippen LogP contribution in [0, 0.1) is 6.92 Å². The van der Waals surface area contributed by atoms with E-state index in [0.717, 1.165) is 32.4 Å². The largest absolute Gasteiger partial charge is 0.424 e. The first-order valence-corrected chi connectivity index (χ1v) is 7.91. The number of carbonyl (C=O) groups is 1. The fraction of sp³-hybridized carbons (Fsp3) is 0.800. The summed E-state index contributed by atoms with van der Waals surface area (Å²) in [4.78, 5) is 16.3. The highest BCUT2D eigenvalue weighted by Crippen LogP contribution is 2.35. The van der Waals surface area contributed by atoms with Crippen LogP contribution >= 0.6 is 0 Å². The molecule has 21 heavy (non-hydrogen) atoms. The second-order valence-corrected chi connectivity index (χ2v) is 6.20. The molecule has 2 fully saturated rings. The monoisotopic (exact) mass is 292 g/mol. The van der Waals surface area contributed by atoms with Gasteiger partial charge in [0, 0.05) is 32.5 Å². The first kappa shape index (κ1) is 14.5. The van der Waals surface area contributed by atoms with Gasteiger partial charge in [0.1, 0.15) is 0 Å². The molecule has 6 heteroatoms. The summed E-state index contributed by atoms with van der Waals surface area (Å²) in [6.45, 7) is 7.56. The Kier molecular flexibility index (Phi) is 3.97. The molecule has 3 atom stereocenters. The second kappa shape index (κ2) is 5.75. The number of aromatic nitrogens is 2. The lowest BCUT2D eigenvalue weighted by Gasteiger charge is -2.36. The van der Waals surface area contributed by atoms with E-state index in [-0.39, 0.29) is 11.9 Å². The highest BCUT2D eigenvalue weighted by molar-refractivity contribution is 5.74. The second-order valence-electron chi connectivity index (χ2n) is 6.20. The van der Waals surface area contributed by atoms with Crippen LogP contribution in [-0.4, -0.2) is 51.1 Å². The zero-order valence-corrected chi connectivity index (χ0v) is 13.1. The maximum absolute atomic E-state index is 11.8. The minimum atomic E-state index is 0.119. The summed E-state index contributed by atoms with van der Waals surface area (Å²) in [5.74, 6) is 1.50. The van der Waals surface area contributed by atoms with E-state index in [9.17, 15) is 4.79 Å². The summed E-state index contributed by atoms with van der Waals surface area (Å²) in [6, 6.07) is 0.878. The molecule has 2 aliphatic rings. The SMILES string of the molecule is CC(=O)N1CCCC1C1CCCN1C(C)c1nnc(C)o1. The first-order valence-electron chi connectivity index (χ1n) is 7.91. The number of carbonyl (C=O) groups excluding carboxylic acids is 1. The molecule has 0 aromatic carbocycles. The van der Waals surface area contributed by atoms with Crippen LogP contribution in [0.3, 0.4) is 0 Å². The van der Waals surface area contributed by atoms with Crippen molar-refractivity contribution in [3.05, 3.63) is 11.8 Å². The third-order valence-corrected chi connectivity index (χ3v) is 4.89. The van der Waals surface area contributed by atoms with Gasteiger partial charge in [0.2, 0.25) is 17.7 Å². The van der Waals surface area contributed by atoms with Gasteiger partial charge in [0.15, 0.2) is 0 Å². The van der Waals surface area contributed by atoms with E-state index >= 15 is 0 Å². The van der Waals surface area contributed by atoms with Crippen molar-refractivity contribution in [1.82, 2.24) is 20.0 Å². The lowest BCUT2D eigenvalue weighted by Crippen LogP contribution is -2.48. The zero-order chi connectivity index (χ0) is 15.0. The molecule has 116 valence electrons. The fourth-order valence-electron chi connectivity index (χ4n) is 3.91. The van der Waals surface area contributed by atoms with Gasteiger partial charge >= 0.3 is 0 Å². The van der Waals surface area contributed by atoms with E-state index in [2.05, 4.69) is 26.9 Å². The van der Waals surface area contributed by atoms with Crippen LogP contribution in [0.1, 0.15) is 57.4 Å². The number of rotatable bonds is 3. The van der Waals surface area contributed by atoms with E-state index in [1.807, 2.05) is 6.92 Å². The van der Waals surface area contributed by atoms with Crippen molar-refractivity contribution in [1.29, 1.82) is 0 Å². The average Bonchev–Trinajstić information content (AvgIpc) is 3.16. The van der Waals surface area contributed by atoms with Gasteiger partial charge < -0.3 is 9.32 Å². The van der Waals surface area contributed by atoms with E-state index in [4.69, 9.17) is 4.42 Å². The van der Waals surface area contributed by atoms with Crippen LogP contribution in [0.2, 0.25) is 0 Å². The predicted octanol–water partition coefficient (Wildman–Crippen LogP) is 1.91. The average molecular weight is 292 g/mol. The number of nitrogens with zero attached hydrogens (tertiary/aromatic N) is 4. The van der Waals surface area contributed by atoms with Crippen molar-refractivity contribution < 1.29 is 9.21 Å². The van der Waals surface area contributed by atoms with Crippen LogP contribution in [0.4, 0.5) is 0 Å². The molecule has 0 saturated carbocycles. The van der Waals surface area contributed by atoms with Crippen LogP contribution in [0.25, 0.3) is 0 Å². The van der Waals surface area contributed by atoms with Gasteiger partial charge in [-0.3, -0.25) is 9.69 Å². The highest BCUT2D eigenvalue weighted by atomic mass is 16.4.